The number of benzene rings is 1. The maximum atomic E-state index is 11.9. The first kappa shape index (κ1) is 13.2. The molecule has 24 heavy (non-hydrogen) atoms. The molecule has 1 fully saturated rings. The second kappa shape index (κ2) is 4.89. The van der Waals surface area contributed by atoms with Crippen LogP contribution in [0.3, 0.4) is 0 Å². The van der Waals surface area contributed by atoms with Gasteiger partial charge in [0.2, 0.25) is 11.9 Å². The van der Waals surface area contributed by atoms with Crippen molar-refractivity contribution in [3.05, 3.63) is 42.7 Å². The Labute approximate surface area is 136 Å². The second-order valence-electron chi connectivity index (χ2n) is 6.06. The first-order valence-electron chi connectivity index (χ1n) is 7.88. The summed E-state index contributed by atoms with van der Waals surface area (Å²) < 4.78 is 1.69. The molecule has 3 aromatic heterocycles. The molecule has 0 spiro atoms. The van der Waals surface area contributed by atoms with Gasteiger partial charge in [0.15, 0.2) is 5.65 Å². The zero-order valence-corrected chi connectivity index (χ0v) is 12.7. The number of anilines is 1. The van der Waals surface area contributed by atoms with Gasteiger partial charge in [-0.1, -0.05) is 6.07 Å². The summed E-state index contributed by atoms with van der Waals surface area (Å²) in [6.45, 7) is 0. The molecule has 118 valence electrons. The summed E-state index contributed by atoms with van der Waals surface area (Å²) in [7, 11) is 0. The lowest BCUT2D eigenvalue weighted by molar-refractivity contribution is -0.117. The molecule has 0 radical (unpaired) electrons. The number of H-pyrrole nitrogens is 1. The molecule has 0 atom stereocenters. The van der Waals surface area contributed by atoms with Crippen LogP contribution in [0.1, 0.15) is 12.8 Å². The lowest BCUT2D eigenvalue weighted by atomic mass is 10.1. The Morgan fingerprint density at radius 1 is 1.29 bits per heavy atom. The van der Waals surface area contributed by atoms with Gasteiger partial charge in [-0.15, -0.1) is 5.10 Å². The van der Waals surface area contributed by atoms with E-state index < -0.39 is 0 Å². The van der Waals surface area contributed by atoms with Gasteiger partial charge >= 0.3 is 0 Å². The van der Waals surface area contributed by atoms with Crippen molar-refractivity contribution < 1.29 is 4.79 Å². The minimum Gasteiger partial charge on any atom is -0.293 e. The number of hydrogen-bond donors (Lipinski definition) is 2. The SMILES string of the molecule is O=C(Nc1nc2c(-c3ccc4[nH]ncc4c3)cccn2n1)C1CC1. The van der Waals surface area contributed by atoms with Crippen molar-refractivity contribution in [3.8, 4) is 11.1 Å². The number of rotatable bonds is 3. The molecule has 7 nitrogen and oxygen atoms in total. The molecular formula is C17H14N6O. The van der Waals surface area contributed by atoms with E-state index in [-0.39, 0.29) is 11.8 Å². The summed E-state index contributed by atoms with van der Waals surface area (Å²) in [6.07, 6.45) is 5.53. The third-order valence-corrected chi connectivity index (χ3v) is 4.30. The molecule has 1 saturated carbocycles. The smallest absolute Gasteiger partial charge is 0.249 e. The fraction of sp³-hybridized carbons (Fsp3) is 0.176. The van der Waals surface area contributed by atoms with Gasteiger partial charge in [0.05, 0.1) is 11.7 Å². The minimum absolute atomic E-state index is 0.00673. The van der Waals surface area contributed by atoms with Crippen molar-refractivity contribution in [1.82, 2.24) is 24.8 Å². The molecule has 0 bridgehead atoms. The normalized spacial score (nSPS) is 14.3. The molecule has 1 amide bonds. The van der Waals surface area contributed by atoms with E-state index >= 15 is 0 Å². The minimum atomic E-state index is 0.00673. The molecular weight excluding hydrogens is 304 g/mol. The predicted octanol–water partition coefficient (Wildman–Crippen LogP) is 2.62. The number of aromatic amines is 1. The van der Waals surface area contributed by atoms with Crippen LogP contribution >= 0.6 is 0 Å². The van der Waals surface area contributed by atoms with Crippen molar-refractivity contribution >= 4 is 28.4 Å². The molecule has 3 heterocycles. The maximum Gasteiger partial charge on any atom is 0.249 e. The van der Waals surface area contributed by atoms with Crippen LogP contribution in [0.2, 0.25) is 0 Å². The summed E-state index contributed by atoms with van der Waals surface area (Å²) in [4.78, 5) is 16.4. The van der Waals surface area contributed by atoms with Gasteiger partial charge < -0.3 is 0 Å². The van der Waals surface area contributed by atoms with Crippen LogP contribution in [0.15, 0.2) is 42.7 Å². The van der Waals surface area contributed by atoms with Crippen LogP contribution < -0.4 is 5.32 Å². The Morgan fingerprint density at radius 2 is 2.21 bits per heavy atom. The van der Waals surface area contributed by atoms with Gasteiger partial charge in [-0.3, -0.25) is 15.2 Å². The van der Waals surface area contributed by atoms with Gasteiger partial charge in [-0.25, -0.2) is 4.52 Å². The van der Waals surface area contributed by atoms with E-state index in [1.165, 1.54) is 0 Å². The number of carbonyl (C=O) groups is 1. The average Bonchev–Trinajstić information content (AvgIpc) is 3.20. The average molecular weight is 318 g/mol. The number of fused-ring (bicyclic) bond motifs is 2. The molecule has 4 aromatic rings. The highest BCUT2D eigenvalue weighted by Gasteiger charge is 2.30. The number of aromatic nitrogens is 5. The lowest BCUT2D eigenvalue weighted by Crippen LogP contribution is -2.14. The summed E-state index contributed by atoms with van der Waals surface area (Å²) in [5.41, 5.74) is 3.69. The van der Waals surface area contributed by atoms with E-state index in [9.17, 15) is 4.79 Å². The van der Waals surface area contributed by atoms with Crippen LogP contribution in [-0.4, -0.2) is 30.7 Å². The standard InChI is InChI=1S/C17H14N6O/c24-16(10-3-4-10)20-17-19-15-13(2-1-7-23(15)22-17)11-5-6-14-12(8-11)9-18-21-14/h1-2,5-10H,3-4H2,(H,18,21)(H,20,22,24). The van der Waals surface area contributed by atoms with E-state index in [1.807, 2.05) is 30.5 Å². The molecule has 1 aliphatic rings. The monoisotopic (exact) mass is 318 g/mol. The zero-order chi connectivity index (χ0) is 16.1. The third kappa shape index (κ3) is 2.13. The molecule has 5 rings (SSSR count). The third-order valence-electron chi connectivity index (χ3n) is 4.30. The van der Waals surface area contributed by atoms with Crippen molar-refractivity contribution in [3.63, 3.8) is 0 Å². The molecule has 1 aliphatic carbocycles. The van der Waals surface area contributed by atoms with E-state index in [2.05, 4.69) is 31.7 Å². The van der Waals surface area contributed by atoms with Gasteiger partial charge in [0.25, 0.3) is 0 Å². The van der Waals surface area contributed by atoms with Gasteiger partial charge in [0.1, 0.15) is 0 Å². The van der Waals surface area contributed by atoms with Crippen LogP contribution in [0.4, 0.5) is 5.95 Å². The number of pyridine rings is 1. The van der Waals surface area contributed by atoms with E-state index in [1.54, 1.807) is 10.7 Å². The maximum absolute atomic E-state index is 11.9. The Kier molecular flexibility index (Phi) is 2.70. The van der Waals surface area contributed by atoms with Gasteiger partial charge in [-0.2, -0.15) is 10.1 Å². The van der Waals surface area contributed by atoms with Crippen LogP contribution in [0.25, 0.3) is 27.7 Å². The van der Waals surface area contributed by atoms with Crippen LogP contribution in [0, 0.1) is 5.92 Å². The van der Waals surface area contributed by atoms with Crippen molar-refractivity contribution in [2.75, 3.05) is 5.32 Å². The van der Waals surface area contributed by atoms with Gasteiger partial charge in [0, 0.05) is 23.1 Å². The summed E-state index contributed by atoms with van der Waals surface area (Å²) in [5, 5.41) is 15.2. The van der Waals surface area contributed by atoms with E-state index in [0.29, 0.717) is 11.6 Å². The zero-order valence-electron chi connectivity index (χ0n) is 12.7. The Morgan fingerprint density at radius 3 is 3.08 bits per heavy atom. The molecule has 7 heteroatoms. The molecule has 1 aromatic carbocycles. The van der Waals surface area contributed by atoms with E-state index in [4.69, 9.17) is 0 Å². The highest BCUT2D eigenvalue weighted by Crippen LogP contribution is 2.30. The van der Waals surface area contributed by atoms with Crippen molar-refractivity contribution in [2.45, 2.75) is 12.8 Å². The Hall–Kier alpha value is -3.22. The number of nitrogens with zero attached hydrogens (tertiary/aromatic N) is 4. The predicted molar refractivity (Wildman–Crippen MR) is 89.4 cm³/mol. The van der Waals surface area contributed by atoms with E-state index in [0.717, 1.165) is 34.9 Å². The first-order chi connectivity index (χ1) is 11.8. The molecule has 2 N–H and O–H groups in total. The summed E-state index contributed by atoms with van der Waals surface area (Å²) in [6, 6.07) is 9.99. The number of hydrogen-bond acceptors (Lipinski definition) is 4. The Balaban J connectivity index is 1.59. The highest BCUT2D eigenvalue weighted by molar-refractivity contribution is 5.93. The molecule has 0 saturated heterocycles. The first-order valence-corrected chi connectivity index (χ1v) is 7.88. The summed E-state index contributed by atoms with van der Waals surface area (Å²) in [5.74, 6) is 0.482. The topological polar surface area (TPSA) is 88.0 Å². The molecule has 0 unspecified atom stereocenters. The molecule has 0 aliphatic heterocycles. The second-order valence-corrected chi connectivity index (χ2v) is 6.06. The number of carbonyl (C=O) groups excluding carboxylic acids is 1. The van der Waals surface area contributed by atoms with Crippen molar-refractivity contribution in [1.29, 1.82) is 0 Å². The summed E-state index contributed by atoms with van der Waals surface area (Å²) >= 11 is 0. The van der Waals surface area contributed by atoms with Crippen molar-refractivity contribution in [2.24, 2.45) is 5.92 Å². The lowest BCUT2D eigenvalue weighted by Gasteiger charge is -2.03. The largest absolute Gasteiger partial charge is 0.293 e. The number of nitrogens with one attached hydrogen (secondary N) is 2. The number of amides is 1. The fourth-order valence-corrected chi connectivity index (χ4v) is 2.85. The quantitative estimate of drug-likeness (QED) is 0.608. The highest BCUT2D eigenvalue weighted by atomic mass is 16.2. The van der Waals surface area contributed by atoms with Crippen LogP contribution in [0.5, 0.6) is 0 Å². The van der Waals surface area contributed by atoms with Gasteiger partial charge in [-0.05, 0) is 42.7 Å². The fourth-order valence-electron chi connectivity index (χ4n) is 2.85. The van der Waals surface area contributed by atoms with Crippen LogP contribution in [-0.2, 0) is 4.79 Å². The Bertz CT molecular complexity index is 1080.